The van der Waals surface area contributed by atoms with E-state index in [1.54, 1.807) is 12.1 Å². The average Bonchev–Trinajstić information content (AvgIpc) is 2.24. The Kier molecular flexibility index (Phi) is 2.97. The van der Waals surface area contributed by atoms with E-state index in [1.165, 1.54) is 12.1 Å². The number of aliphatic hydroxyl groups is 1. The van der Waals surface area contributed by atoms with E-state index in [-0.39, 0.29) is 17.9 Å². The maximum Gasteiger partial charge on any atom is 0.208 e. The summed E-state index contributed by atoms with van der Waals surface area (Å²) in [5.74, 6) is -1.82. The van der Waals surface area contributed by atoms with E-state index in [9.17, 15) is 9.50 Å². The number of halogens is 1. The van der Waals surface area contributed by atoms with Gasteiger partial charge in [0.1, 0.15) is 5.82 Å². The molecule has 16 heavy (non-hydrogen) atoms. The fourth-order valence-electron chi connectivity index (χ4n) is 2.01. The lowest BCUT2D eigenvalue weighted by Gasteiger charge is -2.41. The van der Waals surface area contributed by atoms with Crippen molar-refractivity contribution in [2.45, 2.75) is 31.7 Å². The highest BCUT2D eigenvalue weighted by Gasteiger charge is 2.41. The molecule has 0 radical (unpaired) electrons. The van der Waals surface area contributed by atoms with Gasteiger partial charge < -0.3 is 15.2 Å². The molecule has 1 aliphatic heterocycles. The van der Waals surface area contributed by atoms with E-state index < -0.39 is 5.79 Å². The molecule has 0 aromatic heterocycles. The van der Waals surface area contributed by atoms with Crippen LogP contribution in [0.1, 0.15) is 19.4 Å². The highest BCUT2D eigenvalue weighted by Crippen LogP contribution is 2.30. The summed E-state index contributed by atoms with van der Waals surface area (Å²) < 4.78 is 18.6. The molecule has 88 valence electrons. The van der Waals surface area contributed by atoms with Crippen molar-refractivity contribution in [3.63, 3.8) is 0 Å². The van der Waals surface area contributed by atoms with Gasteiger partial charge in [-0.1, -0.05) is 12.1 Å². The summed E-state index contributed by atoms with van der Waals surface area (Å²) in [6, 6.07) is 5.78. The second kappa shape index (κ2) is 4.13. The first kappa shape index (κ1) is 11.5. The second-order valence-corrected chi connectivity index (χ2v) is 4.31. The van der Waals surface area contributed by atoms with Crippen LogP contribution in [-0.2, 0) is 10.5 Å². The van der Waals surface area contributed by atoms with Crippen LogP contribution in [0.15, 0.2) is 24.3 Å². The van der Waals surface area contributed by atoms with Crippen LogP contribution in [0.2, 0.25) is 0 Å². The van der Waals surface area contributed by atoms with E-state index in [2.05, 4.69) is 5.32 Å². The molecule has 3 nitrogen and oxygen atoms in total. The Balaban J connectivity index is 2.31. The lowest BCUT2D eigenvalue weighted by atomic mass is 9.96. The van der Waals surface area contributed by atoms with E-state index in [4.69, 9.17) is 4.74 Å². The van der Waals surface area contributed by atoms with E-state index >= 15 is 0 Å². The molecule has 2 unspecified atom stereocenters. The third kappa shape index (κ3) is 1.96. The molecule has 0 spiro atoms. The number of morpholine rings is 1. The van der Waals surface area contributed by atoms with E-state index in [1.807, 2.05) is 13.8 Å². The number of hydrogen-bond donors (Lipinski definition) is 2. The largest absolute Gasteiger partial charge is 0.361 e. The first-order chi connectivity index (χ1) is 7.52. The Morgan fingerprint density at radius 3 is 2.88 bits per heavy atom. The molecular formula is C12H16FNO2. The minimum absolute atomic E-state index is 0.184. The van der Waals surface area contributed by atoms with Crippen molar-refractivity contribution in [2.24, 2.45) is 0 Å². The number of nitrogens with one attached hydrogen (secondary N) is 1. The van der Waals surface area contributed by atoms with Crippen molar-refractivity contribution < 1.29 is 14.2 Å². The average molecular weight is 225 g/mol. The molecule has 2 N–H and O–H groups in total. The van der Waals surface area contributed by atoms with Crippen LogP contribution < -0.4 is 5.32 Å². The van der Waals surface area contributed by atoms with Crippen molar-refractivity contribution >= 4 is 0 Å². The molecule has 1 heterocycles. The maximum absolute atomic E-state index is 13.1. The summed E-state index contributed by atoms with van der Waals surface area (Å²) in [6.07, 6.45) is 0. The van der Waals surface area contributed by atoms with Gasteiger partial charge in [0.25, 0.3) is 0 Å². The number of hydrogen-bond acceptors (Lipinski definition) is 3. The van der Waals surface area contributed by atoms with Gasteiger partial charge in [0.05, 0.1) is 12.6 Å². The SMILES string of the molecule is CC1N[C@@H](C)COC1(O)c1cccc(F)c1. The fraction of sp³-hybridized carbons (Fsp3) is 0.500. The Morgan fingerprint density at radius 1 is 1.50 bits per heavy atom. The molecule has 1 aliphatic rings. The van der Waals surface area contributed by atoms with Crippen LogP contribution in [0.4, 0.5) is 4.39 Å². The zero-order valence-electron chi connectivity index (χ0n) is 9.40. The van der Waals surface area contributed by atoms with Crippen molar-refractivity contribution in [1.29, 1.82) is 0 Å². The van der Waals surface area contributed by atoms with E-state index in [0.29, 0.717) is 12.2 Å². The molecule has 1 saturated heterocycles. The summed E-state index contributed by atoms with van der Waals surface area (Å²) in [6.45, 7) is 4.19. The molecule has 0 bridgehead atoms. The lowest BCUT2D eigenvalue weighted by molar-refractivity contribution is -0.252. The standard InChI is InChI=1S/C12H16FNO2/c1-8-7-16-12(15,9(2)14-8)10-4-3-5-11(13)6-10/h3-6,8-9,14-15H,7H2,1-2H3/t8-,9?,12?/m0/s1. The Labute approximate surface area is 94.2 Å². The van der Waals surface area contributed by atoms with Crippen LogP contribution in [0.5, 0.6) is 0 Å². The third-order valence-electron chi connectivity index (χ3n) is 2.91. The van der Waals surface area contributed by atoms with Crippen LogP contribution in [0, 0.1) is 5.82 Å². The van der Waals surface area contributed by atoms with Gasteiger partial charge in [0.2, 0.25) is 5.79 Å². The number of benzene rings is 1. The molecule has 4 heteroatoms. The predicted molar refractivity (Wildman–Crippen MR) is 58.3 cm³/mol. The van der Waals surface area contributed by atoms with Gasteiger partial charge in [-0.05, 0) is 26.0 Å². The summed E-state index contributed by atoms with van der Waals surface area (Å²) >= 11 is 0. The molecule has 0 amide bonds. The minimum Gasteiger partial charge on any atom is -0.361 e. The van der Waals surface area contributed by atoms with Crippen LogP contribution in [0.3, 0.4) is 0 Å². The van der Waals surface area contributed by atoms with Crippen molar-refractivity contribution in [2.75, 3.05) is 6.61 Å². The van der Waals surface area contributed by atoms with E-state index in [0.717, 1.165) is 0 Å². The minimum atomic E-state index is -1.45. The third-order valence-corrected chi connectivity index (χ3v) is 2.91. The summed E-state index contributed by atoms with van der Waals surface area (Å²) in [4.78, 5) is 0. The normalized spacial score (nSPS) is 35.0. The zero-order valence-corrected chi connectivity index (χ0v) is 9.40. The van der Waals surface area contributed by atoms with Crippen molar-refractivity contribution in [3.05, 3.63) is 35.6 Å². The molecular weight excluding hydrogens is 209 g/mol. The quantitative estimate of drug-likeness (QED) is 0.758. The maximum atomic E-state index is 13.1. The molecule has 1 aromatic carbocycles. The van der Waals surface area contributed by atoms with Gasteiger partial charge in [0, 0.05) is 11.6 Å². The first-order valence-electron chi connectivity index (χ1n) is 5.41. The zero-order chi connectivity index (χ0) is 11.8. The summed E-state index contributed by atoms with van der Waals surface area (Å²) in [7, 11) is 0. The van der Waals surface area contributed by atoms with Crippen molar-refractivity contribution in [1.82, 2.24) is 5.32 Å². The van der Waals surface area contributed by atoms with Gasteiger partial charge in [-0.15, -0.1) is 0 Å². The first-order valence-corrected chi connectivity index (χ1v) is 5.41. The molecule has 1 aromatic rings. The van der Waals surface area contributed by atoms with Gasteiger partial charge in [-0.25, -0.2) is 4.39 Å². The van der Waals surface area contributed by atoms with Gasteiger partial charge in [-0.3, -0.25) is 0 Å². The van der Waals surface area contributed by atoms with Crippen molar-refractivity contribution in [3.8, 4) is 0 Å². The smallest absolute Gasteiger partial charge is 0.208 e. The van der Waals surface area contributed by atoms with Crippen LogP contribution in [-0.4, -0.2) is 23.8 Å². The second-order valence-electron chi connectivity index (χ2n) is 4.31. The van der Waals surface area contributed by atoms with Crippen LogP contribution in [0.25, 0.3) is 0 Å². The topological polar surface area (TPSA) is 41.5 Å². The molecule has 1 fully saturated rings. The molecule has 2 rings (SSSR count). The number of rotatable bonds is 1. The Hall–Kier alpha value is -0.970. The lowest BCUT2D eigenvalue weighted by Crippen LogP contribution is -2.58. The van der Waals surface area contributed by atoms with Gasteiger partial charge >= 0.3 is 0 Å². The van der Waals surface area contributed by atoms with Gasteiger partial charge in [0.15, 0.2) is 0 Å². The highest BCUT2D eigenvalue weighted by atomic mass is 19.1. The monoisotopic (exact) mass is 225 g/mol. The Morgan fingerprint density at radius 2 is 2.25 bits per heavy atom. The van der Waals surface area contributed by atoms with Crippen LogP contribution >= 0.6 is 0 Å². The fourth-order valence-corrected chi connectivity index (χ4v) is 2.01. The summed E-state index contributed by atoms with van der Waals surface area (Å²) in [5.41, 5.74) is 0.444. The van der Waals surface area contributed by atoms with Gasteiger partial charge in [-0.2, -0.15) is 0 Å². The number of ether oxygens (including phenoxy) is 1. The predicted octanol–water partition coefficient (Wildman–Crippen LogP) is 1.37. The highest BCUT2D eigenvalue weighted by molar-refractivity contribution is 5.23. The summed E-state index contributed by atoms with van der Waals surface area (Å²) in [5, 5.41) is 13.6. The Bertz CT molecular complexity index is 385. The molecule has 0 saturated carbocycles. The molecule has 0 aliphatic carbocycles. The molecule has 3 atom stereocenters.